The maximum absolute atomic E-state index is 13.1. The zero-order valence-electron chi connectivity index (χ0n) is 18.4. The summed E-state index contributed by atoms with van der Waals surface area (Å²) in [5.41, 5.74) is -3.41. The molecule has 1 aromatic rings. The summed E-state index contributed by atoms with van der Waals surface area (Å²) in [7, 11) is 0. The van der Waals surface area contributed by atoms with Gasteiger partial charge in [0.05, 0.1) is 17.2 Å². The number of hydrogen-bond acceptors (Lipinski definition) is 4. The van der Waals surface area contributed by atoms with Gasteiger partial charge in [0.15, 0.2) is 0 Å². The molecule has 8 heteroatoms. The highest BCUT2D eigenvalue weighted by atomic mass is 32.2. The molecule has 0 bridgehead atoms. The Kier molecular flexibility index (Phi) is 12.0. The molecule has 0 aromatic heterocycles. The molecule has 0 saturated heterocycles. The lowest BCUT2D eigenvalue weighted by molar-refractivity contribution is -0.138. The molecule has 0 heterocycles. The van der Waals surface area contributed by atoms with Crippen molar-refractivity contribution in [2.24, 2.45) is 0 Å². The molecule has 1 unspecified atom stereocenters. The van der Waals surface area contributed by atoms with Crippen LogP contribution in [0.15, 0.2) is 18.2 Å². The second kappa shape index (κ2) is 13.6. The van der Waals surface area contributed by atoms with Gasteiger partial charge < -0.3 is 10.4 Å². The fourth-order valence-electron chi connectivity index (χ4n) is 3.06. The van der Waals surface area contributed by atoms with E-state index in [2.05, 4.69) is 12.2 Å². The van der Waals surface area contributed by atoms with Gasteiger partial charge in [0, 0.05) is 5.69 Å². The number of thioether (sulfide) groups is 1. The van der Waals surface area contributed by atoms with Crippen molar-refractivity contribution in [2.75, 3.05) is 16.8 Å². The minimum atomic E-state index is -4.71. The number of halogens is 3. The van der Waals surface area contributed by atoms with Crippen LogP contribution in [0.5, 0.6) is 0 Å². The fraction of sp³-hybridized carbons (Fsp3) is 0.652. The molecular weight excluding hydrogens is 425 g/mol. The number of nitriles is 1. The van der Waals surface area contributed by atoms with Gasteiger partial charge in [-0.2, -0.15) is 30.2 Å². The Hall–Kier alpha value is -1.72. The van der Waals surface area contributed by atoms with Crippen molar-refractivity contribution in [3.05, 3.63) is 29.3 Å². The normalized spacial score (nSPS) is 13.5. The predicted octanol–water partition coefficient (Wildman–Crippen LogP) is 6.53. The summed E-state index contributed by atoms with van der Waals surface area (Å²) in [5, 5.41) is 21.6. The van der Waals surface area contributed by atoms with Gasteiger partial charge in [-0.25, -0.2) is 0 Å². The summed E-state index contributed by atoms with van der Waals surface area (Å²) in [5.74, 6) is 1.67. The predicted molar refractivity (Wildman–Crippen MR) is 120 cm³/mol. The van der Waals surface area contributed by atoms with E-state index < -0.39 is 28.8 Å². The number of carbonyl (C=O) groups excluding carboxylic acids is 1. The SMILES string of the molecule is CCCCSCCCCCCCCC(C)(O)C(=O)Nc1ccc(C#N)c(C(F)(F)F)c1. The number of unbranched alkanes of at least 4 members (excludes halogenated alkanes) is 6. The Morgan fingerprint density at radius 3 is 2.32 bits per heavy atom. The average Bonchev–Trinajstić information content (AvgIpc) is 2.71. The molecule has 2 N–H and O–H groups in total. The molecule has 1 amide bonds. The number of hydrogen-bond donors (Lipinski definition) is 2. The lowest BCUT2D eigenvalue weighted by Crippen LogP contribution is -2.40. The first-order valence-corrected chi connectivity index (χ1v) is 12.0. The Labute approximate surface area is 187 Å². The minimum Gasteiger partial charge on any atom is -0.380 e. The summed E-state index contributed by atoms with van der Waals surface area (Å²) < 4.78 is 39.2. The van der Waals surface area contributed by atoms with E-state index in [1.54, 1.807) is 0 Å². The Balaban J connectivity index is 2.38. The van der Waals surface area contributed by atoms with E-state index in [1.807, 2.05) is 11.8 Å². The van der Waals surface area contributed by atoms with Gasteiger partial charge in [-0.1, -0.05) is 45.4 Å². The molecule has 1 rings (SSSR count). The maximum atomic E-state index is 13.1. The largest absolute Gasteiger partial charge is 0.417 e. The van der Waals surface area contributed by atoms with Gasteiger partial charge in [-0.15, -0.1) is 0 Å². The first-order valence-electron chi connectivity index (χ1n) is 10.8. The summed E-state index contributed by atoms with van der Waals surface area (Å²) in [6.07, 6.45) is 4.11. The van der Waals surface area contributed by atoms with Crippen LogP contribution >= 0.6 is 11.8 Å². The van der Waals surface area contributed by atoms with Gasteiger partial charge in [-0.05, 0) is 55.9 Å². The van der Waals surface area contributed by atoms with E-state index in [4.69, 9.17) is 5.26 Å². The molecule has 0 fully saturated rings. The van der Waals surface area contributed by atoms with Crippen LogP contribution in [0.3, 0.4) is 0 Å². The van der Waals surface area contributed by atoms with E-state index in [-0.39, 0.29) is 12.1 Å². The Morgan fingerprint density at radius 2 is 1.71 bits per heavy atom. The van der Waals surface area contributed by atoms with E-state index in [1.165, 1.54) is 56.2 Å². The second-order valence-corrected chi connectivity index (χ2v) is 9.16. The molecule has 0 saturated carbocycles. The highest BCUT2D eigenvalue weighted by molar-refractivity contribution is 7.99. The molecule has 4 nitrogen and oxygen atoms in total. The monoisotopic (exact) mass is 458 g/mol. The Bertz CT molecular complexity index is 731. The number of nitrogens with one attached hydrogen (secondary N) is 1. The highest BCUT2D eigenvalue weighted by Crippen LogP contribution is 2.33. The highest BCUT2D eigenvalue weighted by Gasteiger charge is 2.35. The van der Waals surface area contributed by atoms with Gasteiger partial charge in [-0.3, -0.25) is 4.79 Å². The van der Waals surface area contributed by atoms with Crippen molar-refractivity contribution in [1.82, 2.24) is 0 Å². The van der Waals surface area contributed by atoms with E-state index >= 15 is 0 Å². The third-order valence-corrected chi connectivity index (χ3v) is 6.19. The van der Waals surface area contributed by atoms with E-state index in [0.29, 0.717) is 12.5 Å². The molecule has 0 aliphatic rings. The number of amides is 1. The fourth-order valence-corrected chi connectivity index (χ4v) is 4.17. The number of nitrogens with zero attached hydrogens (tertiary/aromatic N) is 1. The van der Waals surface area contributed by atoms with Crippen molar-refractivity contribution in [3.63, 3.8) is 0 Å². The summed E-state index contributed by atoms with van der Waals surface area (Å²) in [6.45, 7) is 3.56. The van der Waals surface area contributed by atoms with Crippen LogP contribution < -0.4 is 5.32 Å². The van der Waals surface area contributed by atoms with E-state index in [0.717, 1.165) is 25.3 Å². The lowest BCUT2D eigenvalue weighted by Gasteiger charge is -2.22. The molecule has 174 valence electrons. The molecule has 1 atom stereocenters. The molecule has 0 spiro atoms. The van der Waals surface area contributed by atoms with Crippen LogP contribution in [-0.4, -0.2) is 28.1 Å². The molecule has 1 aromatic carbocycles. The number of alkyl halides is 3. The molecular formula is C23H33F3N2O2S. The second-order valence-electron chi connectivity index (χ2n) is 7.94. The molecule has 0 radical (unpaired) electrons. The standard InChI is InChI=1S/C23H33F3N2O2S/c1-3-4-14-31-15-10-8-6-5-7-9-13-22(2,30)21(29)28-19-12-11-18(17-27)20(16-19)23(24,25)26/h11-12,16,30H,3-10,13-15H2,1-2H3,(H,28,29). The van der Waals surface area contributed by atoms with Crippen LogP contribution in [0, 0.1) is 11.3 Å². The van der Waals surface area contributed by atoms with Crippen LogP contribution in [0.4, 0.5) is 18.9 Å². The van der Waals surface area contributed by atoms with Crippen LogP contribution in [-0.2, 0) is 11.0 Å². The van der Waals surface area contributed by atoms with Crippen LogP contribution in [0.25, 0.3) is 0 Å². The van der Waals surface area contributed by atoms with Crippen molar-refractivity contribution in [1.29, 1.82) is 5.26 Å². The van der Waals surface area contributed by atoms with Crippen LogP contribution in [0.1, 0.15) is 82.8 Å². The Morgan fingerprint density at radius 1 is 1.10 bits per heavy atom. The zero-order valence-corrected chi connectivity index (χ0v) is 19.2. The third-order valence-electron chi connectivity index (χ3n) is 5.04. The first kappa shape index (κ1) is 27.3. The quantitative estimate of drug-likeness (QED) is 0.311. The molecule has 31 heavy (non-hydrogen) atoms. The first-order chi connectivity index (χ1) is 14.6. The number of benzene rings is 1. The minimum absolute atomic E-state index is 0.103. The van der Waals surface area contributed by atoms with Gasteiger partial charge >= 0.3 is 6.18 Å². The van der Waals surface area contributed by atoms with Gasteiger partial charge in [0.2, 0.25) is 0 Å². The summed E-state index contributed by atoms with van der Waals surface area (Å²) >= 11 is 2.00. The van der Waals surface area contributed by atoms with E-state index in [9.17, 15) is 23.1 Å². The van der Waals surface area contributed by atoms with Crippen molar-refractivity contribution < 1.29 is 23.1 Å². The lowest BCUT2D eigenvalue weighted by atomic mass is 9.96. The zero-order chi connectivity index (χ0) is 23.3. The summed E-state index contributed by atoms with van der Waals surface area (Å²) in [6, 6.07) is 4.44. The topological polar surface area (TPSA) is 73.1 Å². The summed E-state index contributed by atoms with van der Waals surface area (Å²) in [4.78, 5) is 12.4. The number of carbonyl (C=O) groups is 1. The van der Waals surface area contributed by atoms with Crippen molar-refractivity contribution in [3.8, 4) is 6.07 Å². The molecule has 0 aliphatic carbocycles. The maximum Gasteiger partial charge on any atom is 0.417 e. The average molecular weight is 459 g/mol. The number of aliphatic hydroxyl groups is 1. The smallest absolute Gasteiger partial charge is 0.380 e. The van der Waals surface area contributed by atoms with Gasteiger partial charge in [0.1, 0.15) is 5.60 Å². The van der Waals surface area contributed by atoms with Crippen molar-refractivity contribution in [2.45, 2.75) is 83.4 Å². The van der Waals surface area contributed by atoms with Crippen molar-refractivity contribution >= 4 is 23.4 Å². The number of rotatable bonds is 14. The van der Waals surface area contributed by atoms with Crippen LogP contribution in [0.2, 0.25) is 0 Å². The third kappa shape index (κ3) is 10.4. The molecule has 0 aliphatic heterocycles. The van der Waals surface area contributed by atoms with Gasteiger partial charge in [0.25, 0.3) is 5.91 Å². The number of anilines is 1.